The second-order valence-electron chi connectivity index (χ2n) is 4.41. The molecule has 0 aromatic heterocycles. The molecular formula is C15H9Cl4NO3. The monoisotopic (exact) mass is 391 g/mol. The SMILES string of the molecule is O=C(COC(=O)c1cc(Cl)cc(Cl)c1)Nc1ccc(Cl)c(Cl)c1. The molecular weight excluding hydrogens is 384 g/mol. The molecule has 0 saturated heterocycles. The summed E-state index contributed by atoms with van der Waals surface area (Å²) in [5.41, 5.74) is 0.594. The Hall–Kier alpha value is -1.46. The average Bonchev–Trinajstić information content (AvgIpc) is 2.47. The molecule has 8 heteroatoms. The van der Waals surface area contributed by atoms with Gasteiger partial charge in [0.15, 0.2) is 6.61 Å². The maximum atomic E-state index is 11.8. The maximum Gasteiger partial charge on any atom is 0.338 e. The van der Waals surface area contributed by atoms with Crippen molar-refractivity contribution in [3.05, 3.63) is 62.1 Å². The number of rotatable bonds is 4. The van der Waals surface area contributed by atoms with Crippen molar-refractivity contribution in [3.63, 3.8) is 0 Å². The van der Waals surface area contributed by atoms with Gasteiger partial charge in [0.05, 0.1) is 15.6 Å². The molecule has 0 unspecified atom stereocenters. The van der Waals surface area contributed by atoms with E-state index in [1.165, 1.54) is 24.3 Å². The van der Waals surface area contributed by atoms with Crippen molar-refractivity contribution < 1.29 is 14.3 Å². The first-order chi connectivity index (χ1) is 10.8. The van der Waals surface area contributed by atoms with Crippen LogP contribution >= 0.6 is 46.4 Å². The average molecular weight is 393 g/mol. The van der Waals surface area contributed by atoms with Crippen LogP contribution in [0.2, 0.25) is 20.1 Å². The number of nitrogens with one attached hydrogen (secondary N) is 1. The maximum absolute atomic E-state index is 11.8. The van der Waals surface area contributed by atoms with Gasteiger partial charge >= 0.3 is 5.97 Å². The molecule has 120 valence electrons. The normalized spacial score (nSPS) is 10.3. The zero-order valence-electron chi connectivity index (χ0n) is 11.4. The number of benzene rings is 2. The third-order valence-corrected chi connectivity index (χ3v) is 3.81. The molecule has 0 aliphatic rings. The van der Waals surface area contributed by atoms with E-state index in [1.54, 1.807) is 12.1 Å². The number of hydrogen-bond acceptors (Lipinski definition) is 3. The Morgan fingerprint density at radius 3 is 2.17 bits per heavy atom. The molecule has 0 bridgehead atoms. The van der Waals surface area contributed by atoms with Gasteiger partial charge in [0.1, 0.15) is 0 Å². The number of carbonyl (C=O) groups is 2. The lowest BCUT2D eigenvalue weighted by atomic mass is 10.2. The lowest BCUT2D eigenvalue weighted by molar-refractivity contribution is -0.119. The third-order valence-electron chi connectivity index (χ3n) is 2.64. The van der Waals surface area contributed by atoms with E-state index in [4.69, 9.17) is 51.1 Å². The van der Waals surface area contributed by atoms with E-state index in [1.807, 2.05) is 0 Å². The van der Waals surface area contributed by atoms with E-state index in [9.17, 15) is 9.59 Å². The summed E-state index contributed by atoms with van der Waals surface area (Å²) in [5, 5.41) is 3.79. The van der Waals surface area contributed by atoms with Crippen molar-refractivity contribution in [1.29, 1.82) is 0 Å². The third kappa shape index (κ3) is 5.29. The Bertz CT molecular complexity index is 744. The van der Waals surface area contributed by atoms with Crippen molar-refractivity contribution in [3.8, 4) is 0 Å². The highest BCUT2D eigenvalue weighted by Crippen LogP contribution is 2.25. The summed E-state index contributed by atoms with van der Waals surface area (Å²) >= 11 is 23.2. The largest absolute Gasteiger partial charge is 0.452 e. The number of esters is 1. The molecule has 0 fully saturated rings. The molecule has 4 nitrogen and oxygen atoms in total. The molecule has 23 heavy (non-hydrogen) atoms. The van der Waals surface area contributed by atoms with E-state index >= 15 is 0 Å². The minimum Gasteiger partial charge on any atom is -0.452 e. The number of halogens is 4. The highest BCUT2D eigenvalue weighted by molar-refractivity contribution is 6.42. The zero-order chi connectivity index (χ0) is 17.0. The van der Waals surface area contributed by atoms with Crippen molar-refractivity contribution in [1.82, 2.24) is 0 Å². The number of ether oxygens (including phenoxy) is 1. The smallest absolute Gasteiger partial charge is 0.338 e. The Morgan fingerprint density at radius 2 is 1.57 bits per heavy atom. The first-order valence-electron chi connectivity index (χ1n) is 6.23. The minimum absolute atomic E-state index is 0.157. The van der Waals surface area contributed by atoms with Crippen LogP contribution in [-0.2, 0) is 9.53 Å². The molecule has 2 aromatic rings. The van der Waals surface area contributed by atoms with Crippen molar-refractivity contribution in [2.45, 2.75) is 0 Å². The Labute approximate surface area is 152 Å². The van der Waals surface area contributed by atoms with Gasteiger partial charge in [-0.25, -0.2) is 4.79 Å². The van der Waals surface area contributed by atoms with Crippen molar-refractivity contribution in [2.75, 3.05) is 11.9 Å². The number of carbonyl (C=O) groups excluding carboxylic acids is 2. The van der Waals surface area contributed by atoms with E-state index in [0.29, 0.717) is 25.8 Å². The number of anilines is 1. The highest BCUT2D eigenvalue weighted by Gasteiger charge is 2.12. The quantitative estimate of drug-likeness (QED) is 0.736. The Balaban J connectivity index is 1.93. The van der Waals surface area contributed by atoms with Gasteiger partial charge < -0.3 is 10.1 Å². The van der Waals surface area contributed by atoms with Crippen LogP contribution in [0, 0.1) is 0 Å². The first kappa shape index (κ1) is 17.9. The van der Waals surface area contributed by atoms with Crippen molar-refractivity contribution in [2.24, 2.45) is 0 Å². The summed E-state index contributed by atoms with van der Waals surface area (Å²) < 4.78 is 4.90. The van der Waals surface area contributed by atoms with Gasteiger partial charge in [-0.3, -0.25) is 4.79 Å². The predicted octanol–water partition coefficient (Wildman–Crippen LogP) is 5.10. The van der Waals surface area contributed by atoms with Crippen LogP contribution in [0.5, 0.6) is 0 Å². The lowest BCUT2D eigenvalue weighted by Gasteiger charge is -2.08. The molecule has 2 aromatic carbocycles. The fourth-order valence-corrected chi connectivity index (χ4v) is 2.48. The van der Waals surface area contributed by atoms with Crippen LogP contribution in [0.4, 0.5) is 5.69 Å². The standard InChI is InChI=1S/C15H9Cl4NO3/c16-9-3-8(4-10(17)5-9)15(22)23-7-14(21)20-11-1-2-12(18)13(19)6-11/h1-6H,7H2,(H,20,21). The van der Waals surface area contributed by atoms with Gasteiger partial charge in [-0.2, -0.15) is 0 Å². The predicted molar refractivity (Wildman–Crippen MR) is 91.8 cm³/mol. The van der Waals surface area contributed by atoms with Crippen LogP contribution in [-0.4, -0.2) is 18.5 Å². The van der Waals surface area contributed by atoms with Crippen LogP contribution in [0.25, 0.3) is 0 Å². The van der Waals surface area contributed by atoms with Crippen LogP contribution in [0.1, 0.15) is 10.4 Å². The van der Waals surface area contributed by atoms with Gasteiger partial charge in [-0.05, 0) is 36.4 Å². The molecule has 0 aliphatic carbocycles. The fourth-order valence-electron chi connectivity index (χ4n) is 1.66. The first-order valence-corrected chi connectivity index (χ1v) is 7.74. The molecule has 2 rings (SSSR count). The van der Waals surface area contributed by atoms with Gasteiger partial charge in [0.25, 0.3) is 5.91 Å². The zero-order valence-corrected chi connectivity index (χ0v) is 14.4. The van der Waals surface area contributed by atoms with E-state index in [2.05, 4.69) is 5.32 Å². The van der Waals surface area contributed by atoms with Gasteiger partial charge in [-0.1, -0.05) is 46.4 Å². The van der Waals surface area contributed by atoms with E-state index in [-0.39, 0.29) is 5.56 Å². The molecule has 1 N–H and O–H groups in total. The molecule has 0 saturated carbocycles. The van der Waals surface area contributed by atoms with Gasteiger partial charge in [0, 0.05) is 15.7 Å². The highest BCUT2D eigenvalue weighted by atomic mass is 35.5. The summed E-state index contributed by atoms with van der Waals surface area (Å²) in [6.45, 7) is -0.469. The molecule has 0 aliphatic heterocycles. The minimum atomic E-state index is -0.710. The topological polar surface area (TPSA) is 55.4 Å². The molecule has 1 amide bonds. The second kappa shape index (κ2) is 7.88. The summed E-state index contributed by atoms with van der Waals surface area (Å²) in [7, 11) is 0. The lowest BCUT2D eigenvalue weighted by Crippen LogP contribution is -2.20. The Kier molecular flexibility index (Phi) is 6.13. The fraction of sp³-hybridized carbons (Fsp3) is 0.0667. The Morgan fingerprint density at radius 1 is 0.913 bits per heavy atom. The molecule has 0 radical (unpaired) electrons. The molecule has 0 heterocycles. The van der Waals surface area contributed by atoms with E-state index < -0.39 is 18.5 Å². The van der Waals surface area contributed by atoms with Crippen LogP contribution in [0.3, 0.4) is 0 Å². The summed E-state index contributed by atoms with van der Waals surface area (Å²) in [6, 6.07) is 8.88. The van der Waals surface area contributed by atoms with Crippen LogP contribution < -0.4 is 5.32 Å². The number of amides is 1. The summed E-state index contributed by atoms with van der Waals surface area (Å²) in [4.78, 5) is 23.6. The summed E-state index contributed by atoms with van der Waals surface area (Å²) in [5.74, 6) is -1.23. The molecule has 0 atom stereocenters. The van der Waals surface area contributed by atoms with Crippen LogP contribution in [0.15, 0.2) is 36.4 Å². The van der Waals surface area contributed by atoms with Gasteiger partial charge in [-0.15, -0.1) is 0 Å². The number of hydrogen-bond donors (Lipinski definition) is 1. The second-order valence-corrected chi connectivity index (χ2v) is 6.10. The summed E-state index contributed by atoms with van der Waals surface area (Å²) in [6.07, 6.45) is 0. The van der Waals surface area contributed by atoms with Crippen molar-refractivity contribution >= 4 is 64.0 Å². The van der Waals surface area contributed by atoms with E-state index in [0.717, 1.165) is 0 Å². The molecule has 0 spiro atoms. The van der Waals surface area contributed by atoms with Gasteiger partial charge in [0.2, 0.25) is 0 Å².